The molecule has 0 aliphatic carbocycles. The largest absolute Gasteiger partial charge is 0.249 e. The van der Waals surface area contributed by atoms with Gasteiger partial charge in [-0.05, 0) is 13.3 Å². The third kappa shape index (κ3) is 1.80. The van der Waals surface area contributed by atoms with E-state index in [1.165, 1.54) is 19.5 Å². The van der Waals surface area contributed by atoms with Crippen molar-refractivity contribution in [3.8, 4) is 0 Å². The van der Waals surface area contributed by atoms with Crippen molar-refractivity contribution in [2.75, 3.05) is 13.1 Å². The highest BCUT2D eigenvalue weighted by molar-refractivity contribution is 4.81. The SMILES string of the molecule is C=CC(C)NN1CCC1. The fraction of sp³-hybridized carbons (Fsp3) is 0.714. The topological polar surface area (TPSA) is 15.3 Å². The third-order valence-corrected chi connectivity index (χ3v) is 1.60. The minimum absolute atomic E-state index is 0.422. The summed E-state index contributed by atoms with van der Waals surface area (Å²) in [6, 6.07) is 0.422. The summed E-state index contributed by atoms with van der Waals surface area (Å²) in [5.41, 5.74) is 3.28. The lowest BCUT2D eigenvalue weighted by Crippen LogP contribution is -2.50. The zero-order chi connectivity index (χ0) is 6.69. The van der Waals surface area contributed by atoms with Crippen molar-refractivity contribution in [3.63, 3.8) is 0 Å². The van der Waals surface area contributed by atoms with E-state index in [1.54, 1.807) is 0 Å². The molecule has 1 heterocycles. The lowest BCUT2D eigenvalue weighted by Gasteiger charge is -2.33. The normalized spacial score (nSPS) is 22.8. The Morgan fingerprint density at radius 1 is 1.67 bits per heavy atom. The van der Waals surface area contributed by atoms with Crippen LogP contribution in [0, 0.1) is 0 Å². The summed E-state index contributed by atoms with van der Waals surface area (Å²) < 4.78 is 0. The van der Waals surface area contributed by atoms with E-state index in [-0.39, 0.29) is 0 Å². The first-order valence-corrected chi connectivity index (χ1v) is 3.46. The standard InChI is InChI=1S/C7H14N2/c1-3-7(2)8-9-5-4-6-9/h3,7-8H,1,4-6H2,2H3. The van der Waals surface area contributed by atoms with Crippen molar-refractivity contribution in [1.82, 2.24) is 10.4 Å². The zero-order valence-corrected chi connectivity index (χ0v) is 5.93. The van der Waals surface area contributed by atoms with Crippen molar-refractivity contribution in [2.24, 2.45) is 0 Å². The molecule has 1 aliphatic rings. The first-order valence-electron chi connectivity index (χ1n) is 3.46. The number of rotatable bonds is 3. The van der Waals surface area contributed by atoms with Gasteiger partial charge < -0.3 is 0 Å². The molecule has 0 aromatic rings. The van der Waals surface area contributed by atoms with Crippen molar-refractivity contribution < 1.29 is 0 Å². The minimum Gasteiger partial charge on any atom is -0.249 e. The Balaban J connectivity index is 2.08. The molecule has 1 saturated heterocycles. The quantitative estimate of drug-likeness (QED) is 0.562. The van der Waals surface area contributed by atoms with Crippen LogP contribution in [0.2, 0.25) is 0 Å². The molecule has 1 atom stereocenters. The van der Waals surface area contributed by atoms with E-state index in [1.807, 2.05) is 6.08 Å². The predicted octanol–water partition coefficient (Wildman–Crippen LogP) is 0.771. The van der Waals surface area contributed by atoms with Gasteiger partial charge in [0.05, 0.1) is 0 Å². The van der Waals surface area contributed by atoms with Crippen LogP contribution in [0.4, 0.5) is 0 Å². The number of nitrogens with zero attached hydrogens (tertiary/aromatic N) is 1. The molecule has 1 N–H and O–H groups in total. The number of nitrogens with one attached hydrogen (secondary N) is 1. The highest BCUT2D eigenvalue weighted by atomic mass is 15.5. The highest BCUT2D eigenvalue weighted by Gasteiger charge is 2.13. The van der Waals surface area contributed by atoms with E-state index in [0.29, 0.717) is 6.04 Å². The maximum Gasteiger partial charge on any atom is 0.0364 e. The first kappa shape index (κ1) is 6.78. The van der Waals surface area contributed by atoms with Crippen LogP contribution in [0.5, 0.6) is 0 Å². The molecule has 1 fully saturated rings. The van der Waals surface area contributed by atoms with Crippen molar-refractivity contribution in [3.05, 3.63) is 12.7 Å². The fourth-order valence-electron chi connectivity index (χ4n) is 0.786. The molecule has 0 radical (unpaired) electrons. The Bertz CT molecular complexity index is 97.1. The van der Waals surface area contributed by atoms with Gasteiger partial charge in [-0.3, -0.25) is 0 Å². The van der Waals surface area contributed by atoms with Gasteiger partial charge in [0, 0.05) is 19.1 Å². The van der Waals surface area contributed by atoms with Gasteiger partial charge in [0.15, 0.2) is 0 Å². The Hall–Kier alpha value is -0.340. The van der Waals surface area contributed by atoms with E-state index in [0.717, 1.165) is 0 Å². The molecule has 0 aromatic carbocycles. The van der Waals surface area contributed by atoms with E-state index in [4.69, 9.17) is 0 Å². The lowest BCUT2D eigenvalue weighted by atomic mass is 10.3. The Kier molecular flexibility index (Phi) is 2.25. The van der Waals surface area contributed by atoms with Crippen LogP contribution in [0.1, 0.15) is 13.3 Å². The van der Waals surface area contributed by atoms with Gasteiger partial charge in [-0.25, -0.2) is 10.4 Å². The molecule has 1 rings (SSSR count). The molecule has 2 nitrogen and oxygen atoms in total. The second-order valence-electron chi connectivity index (χ2n) is 2.49. The van der Waals surface area contributed by atoms with Crippen molar-refractivity contribution >= 4 is 0 Å². The van der Waals surface area contributed by atoms with Crippen LogP contribution in [0.15, 0.2) is 12.7 Å². The fourth-order valence-corrected chi connectivity index (χ4v) is 0.786. The molecular weight excluding hydrogens is 112 g/mol. The molecule has 0 amide bonds. The van der Waals surface area contributed by atoms with Gasteiger partial charge in [0.1, 0.15) is 0 Å². The highest BCUT2D eigenvalue weighted by Crippen LogP contribution is 2.01. The molecule has 0 spiro atoms. The molecule has 9 heavy (non-hydrogen) atoms. The van der Waals surface area contributed by atoms with Crippen LogP contribution < -0.4 is 5.43 Å². The lowest BCUT2D eigenvalue weighted by molar-refractivity contribution is 0.0990. The Morgan fingerprint density at radius 3 is 2.67 bits per heavy atom. The second-order valence-corrected chi connectivity index (χ2v) is 2.49. The first-order chi connectivity index (χ1) is 4.33. The molecule has 0 aromatic heterocycles. The van der Waals surface area contributed by atoms with E-state index in [2.05, 4.69) is 23.9 Å². The van der Waals surface area contributed by atoms with E-state index < -0.39 is 0 Å². The zero-order valence-electron chi connectivity index (χ0n) is 5.93. The van der Waals surface area contributed by atoms with E-state index >= 15 is 0 Å². The molecule has 52 valence electrons. The van der Waals surface area contributed by atoms with E-state index in [9.17, 15) is 0 Å². The molecule has 0 saturated carbocycles. The maximum atomic E-state index is 3.68. The van der Waals surface area contributed by atoms with Gasteiger partial charge in [-0.2, -0.15) is 0 Å². The third-order valence-electron chi connectivity index (χ3n) is 1.60. The monoisotopic (exact) mass is 126 g/mol. The van der Waals surface area contributed by atoms with Crippen LogP contribution in [-0.2, 0) is 0 Å². The summed E-state index contributed by atoms with van der Waals surface area (Å²) in [4.78, 5) is 0. The second kappa shape index (κ2) is 2.99. The molecule has 1 unspecified atom stereocenters. The average Bonchev–Trinajstić information content (AvgIpc) is 1.78. The van der Waals surface area contributed by atoms with Crippen LogP contribution in [-0.4, -0.2) is 24.1 Å². The number of hydrogen-bond acceptors (Lipinski definition) is 2. The van der Waals surface area contributed by atoms with Crippen molar-refractivity contribution in [2.45, 2.75) is 19.4 Å². The van der Waals surface area contributed by atoms with Gasteiger partial charge in [-0.1, -0.05) is 6.08 Å². The average molecular weight is 126 g/mol. The summed E-state index contributed by atoms with van der Waals surface area (Å²) in [5.74, 6) is 0. The molecule has 0 bridgehead atoms. The maximum absolute atomic E-state index is 3.68. The predicted molar refractivity (Wildman–Crippen MR) is 39.0 cm³/mol. The molecule has 2 heteroatoms. The summed E-state index contributed by atoms with van der Waals surface area (Å²) >= 11 is 0. The number of hydrogen-bond donors (Lipinski definition) is 1. The van der Waals surface area contributed by atoms with Crippen LogP contribution in [0.25, 0.3) is 0 Å². The van der Waals surface area contributed by atoms with Crippen LogP contribution in [0.3, 0.4) is 0 Å². The summed E-state index contributed by atoms with van der Waals surface area (Å²) in [5, 5.41) is 2.21. The van der Waals surface area contributed by atoms with Crippen LogP contribution >= 0.6 is 0 Å². The minimum atomic E-state index is 0.422. The van der Waals surface area contributed by atoms with Gasteiger partial charge in [-0.15, -0.1) is 6.58 Å². The van der Waals surface area contributed by atoms with Gasteiger partial charge >= 0.3 is 0 Å². The Morgan fingerprint density at radius 2 is 2.33 bits per heavy atom. The summed E-state index contributed by atoms with van der Waals surface area (Å²) in [6.07, 6.45) is 3.25. The Labute approximate surface area is 56.5 Å². The van der Waals surface area contributed by atoms with Crippen molar-refractivity contribution in [1.29, 1.82) is 0 Å². The smallest absolute Gasteiger partial charge is 0.0364 e. The summed E-state index contributed by atoms with van der Waals surface area (Å²) in [7, 11) is 0. The van der Waals surface area contributed by atoms with Gasteiger partial charge in [0.25, 0.3) is 0 Å². The van der Waals surface area contributed by atoms with Gasteiger partial charge in [0.2, 0.25) is 0 Å². The molecular formula is C7H14N2. The molecule has 1 aliphatic heterocycles. The number of hydrazine groups is 1. The summed E-state index contributed by atoms with van der Waals surface area (Å²) in [6.45, 7) is 8.17.